The second kappa shape index (κ2) is 11.4. The number of likely N-dealkylation sites (tertiary alicyclic amines) is 1. The zero-order valence-corrected chi connectivity index (χ0v) is 22.2. The molecule has 1 saturated carbocycles. The van der Waals surface area contributed by atoms with Gasteiger partial charge in [-0.1, -0.05) is 19.1 Å². The van der Waals surface area contributed by atoms with Crippen molar-refractivity contribution < 1.29 is 27.2 Å². The number of piperidine rings is 1. The van der Waals surface area contributed by atoms with Gasteiger partial charge in [0.2, 0.25) is 5.91 Å². The van der Waals surface area contributed by atoms with Gasteiger partial charge in [0.1, 0.15) is 11.6 Å². The van der Waals surface area contributed by atoms with Crippen LogP contribution in [0.25, 0.3) is 0 Å². The summed E-state index contributed by atoms with van der Waals surface area (Å²) >= 11 is 0. The Morgan fingerprint density at radius 2 is 1.77 bits per heavy atom. The lowest BCUT2D eigenvalue weighted by Crippen LogP contribution is -2.44. The summed E-state index contributed by atoms with van der Waals surface area (Å²) in [4.78, 5) is 33.3. The van der Waals surface area contributed by atoms with Crippen LogP contribution < -0.4 is 4.90 Å². The number of hydrogen-bond donors (Lipinski definition) is 1. The van der Waals surface area contributed by atoms with Crippen LogP contribution in [0.2, 0.25) is 0 Å². The molecule has 1 unspecified atom stereocenters. The van der Waals surface area contributed by atoms with Crippen molar-refractivity contribution in [1.82, 2.24) is 9.88 Å². The van der Waals surface area contributed by atoms with Gasteiger partial charge in [-0.25, -0.2) is 9.37 Å². The maximum atomic E-state index is 13.6. The van der Waals surface area contributed by atoms with Crippen molar-refractivity contribution in [2.24, 2.45) is 11.3 Å². The molecule has 1 saturated heterocycles. The smallest absolute Gasteiger partial charge is 0.360 e. The minimum atomic E-state index is -4.47. The number of benzene rings is 1. The number of halogens is 4. The topological polar surface area (TPSA) is 77.4 Å². The van der Waals surface area contributed by atoms with Crippen LogP contribution in [0.3, 0.4) is 0 Å². The molecule has 2 aliphatic rings. The minimum absolute atomic E-state index is 0.00133. The van der Waals surface area contributed by atoms with Crippen molar-refractivity contribution in [3.8, 4) is 0 Å². The molecule has 210 valence electrons. The molecule has 10 heteroatoms. The van der Waals surface area contributed by atoms with Gasteiger partial charge in [-0.3, -0.25) is 9.59 Å². The Hall–Kier alpha value is -3.30. The van der Waals surface area contributed by atoms with Crippen molar-refractivity contribution in [2.75, 3.05) is 31.6 Å². The molecule has 0 radical (unpaired) electrons. The van der Waals surface area contributed by atoms with Gasteiger partial charge in [0, 0.05) is 44.2 Å². The third-order valence-corrected chi connectivity index (χ3v) is 8.04. The number of carbonyl (C=O) groups is 2. The molecule has 2 fully saturated rings. The number of pyridine rings is 1. The summed E-state index contributed by atoms with van der Waals surface area (Å²) in [5, 5.41) is 8.59. The monoisotopic (exact) mass is 546 g/mol. The zero-order valence-electron chi connectivity index (χ0n) is 22.2. The highest BCUT2D eigenvalue weighted by molar-refractivity contribution is 6.39. The summed E-state index contributed by atoms with van der Waals surface area (Å²) < 4.78 is 52.2. The fourth-order valence-corrected chi connectivity index (χ4v) is 5.09. The molecule has 1 aliphatic carbocycles. The number of anilines is 1. The highest BCUT2D eigenvalue weighted by Gasteiger charge is 2.47. The molecule has 2 aromatic rings. The van der Waals surface area contributed by atoms with E-state index in [9.17, 15) is 27.2 Å². The molecule has 0 spiro atoms. The van der Waals surface area contributed by atoms with E-state index in [0.717, 1.165) is 30.7 Å². The second-order valence-electron chi connectivity index (χ2n) is 11.0. The van der Waals surface area contributed by atoms with Crippen LogP contribution in [0.1, 0.15) is 62.5 Å². The van der Waals surface area contributed by atoms with Gasteiger partial charge < -0.3 is 15.2 Å². The molecule has 1 aromatic carbocycles. The van der Waals surface area contributed by atoms with Gasteiger partial charge in [0.15, 0.2) is 5.78 Å². The molecule has 39 heavy (non-hydrogen) atoms. The molecule has 1 N–H and O–H groups in total. The maximum absolute atomic E-state index is 13.6. The van der Waals surface area contributed by atoms with Crippen molar-refractivity contribution in [3.63, 3.8) is 0 Å². The standard InChI is InChI=1S/C29H34F4N4O2/c1-28(12-13-28)27(39)37-15-10-20(11-16-37)26(38)24(34)17-21(19-3-6-23(30)7-4-19)9-14-36(2)25-8-5-22(18-35-25)29(31,32)33/h3-8,18,20-21,34H,9-17H2,1-2H3. The Bertz CT molecular complexity index is 1190. The van der Waals surface area contributed by atoms with Gasteiger partial charge in [0.25, 0.3) is 0 Å². The van der Waals surface area contributed by atoms with E-state index in [1.54, 1.807) is 24.1 Å². The summed E-state index contributed by atoms with van der Waals surface area (Å²) in [5.74, 6) is -0.655. The Kier molecular flexibility index (Phi) is 8.42. The predicted octanol–water partition coefficient (Wildman–Crippen LogP) is 5.87. The lowest BCUT2D eigenvalue weighted by atomic mass is 9.84. The zero-order chi connectivity index (χ0) is 28.4. The molecular weight excluding hydrogens is 512 g/mol. The number of ketones is 1. The van der Waals surface area contributed by atoms with Crippen LogP contribution in [-0.4, -0.2) is 54.0 Å². The molecular formula is C29H34F4N4O2. The summed E-state index contributed by atoms with van der Waals surface area (Å²) in [7, 11) is 1.71. The number of carbonyl (C=O) groups excluding carboxylic acids is 2. The fraction of sp³-hybridized carbons (Fsp3) is 0.517. The minimum Gasteiger partial charge on any atom is -0.360 e. The number of hydrogen-bond acceptors (Lipinski definition) is 5. The molecule has 1 aromatic heterocycles. The Balaban J connectivity index is 1.37. The molecule has 0 bridgehead atoms. The van der Waals surface area contributed by atoms with E-state index in [0.29, 0.717) is 44.7 Å². The average Bonchev–Trinajstić information content (AvgIpc) is 3.68. The van der Waals surface area contributed by atoms with Gasteiger partial charge in [-0.05, 0) is 74.3 Å². The Labute approximate surface area is 225 Å². The van der Waals surface area contributed by atoms with E-state index in [-0.39, 0.29) is 41.1 Å². The fourth-order valence-electron chi connectivity index (χ4n) is 5.09. The average molecular weight is 547 g/mol. The molecule has 1 atom stereocenters. The summed E-state index contributed by atoms with van der Waals surface area (Å²) in [6.07, 6.45) is -0.150. The maximum Gasteiger partial charge on any atom is 0.417 e. The predicted molar refractivity (Wildman–Crippen MR) is 140 cm³/mol. The molecule has 1 amide bonds. The van der Waals surface area contributed by atoms with E-state index in [1.165, 1.54) is 18.2 Å². The third-order valence-electron chi connectivity index (χ3n) is 8.04. The first-order valence-electron chi connectivity index (χ1n) is 13.3. The van der Waals surface area contributed by atoms with Crippen molar-refractivity contribution in [3.05, 3.63) is 59.5 Å². The van der Waals surface area contributed by atoms with Gasteiger partial charge in [-0.2, -0.15) is 13.2 Å². The highest BCUT2D eigenvalue weighted by Crippen LogP contribution is 2.47. The van der Waals surface area contributed by atoms with Crippen LogP contribution in [0.5, 0.6) is 0 Å². The van der Waals surface area contributed by atoms with Crippen LogP contribution in [0.15, 0.2) is 42.6 Å². The Morgan fingerprint density at radius 1 is 1.13 bits per heavy atom. The second-order valence-corrected chi connectivity index (χ2v) is 11.0. The number of Topliss-reactive ketones (excluding diaryl/α,β-unsaturated/α-hetero) is 1. The molecule has 1 aliphatic heterocycles. The van der Waals surface area contributed by atoms with E-state index >= 15 is 0 Å². The highest BCUT2D eigenvalue weighted by atomic mass is 19.4. The molecule has 2 heterocycles. The van der Waals surface area contributed by atoms with Crippen LogP contribution in [0, 0.1) is 22.6 Å². The molecule has 4 rings (SSSR count). The normalized spacial score (nSPS) is 17.9. The van der Waals surface area contributed by atoms with Gasteiger partial charge >= 0.3 is 6.18 Å². The van der Waals surface area contributed by atoms with Crippen molar-refractivity contribution in [2.45, 2.75) is 57.5 Å². The largest absolute Gasteiger partial charge is 0.417 e. The lowest BCUT2D eigenvalue weighted by molar-refractivity contribution is -0.139. The van der Waals surface area contributed by atoms with Gasteiger partial charge in [0.05, 0.1) is 11.3 Å². The SMILES string of the molecule is CN(CCC(CC(=N)C(=O)C1CCN(C(=O)C2(C)CC2)CC1)c1ccc(F)cc1)c1ccc(C(F)(F)F)cn1. The number of alkyl halides is 3. The number of nitrogens with zero attached hydrogens (tertiary/aromatic N) is 3. The number of aromatic nitrogens is 1. The van der Waals surface area contributed by atoms with Crippen molar-refractivity contribution >= 4 is 23.2 Å². The van der Waals surface area contributed by atoms with Crippen LogP contribution >= 0.6 is 0 Å². The summed E-state index contributed by atoms with van der Waals surface area (Å²) in [6, 6.07) is 8.23. The number of rotatable bonds is 10. The first kappa shape index (κ1) is 28.7. The number of amides is 1. The van der Waals surface area contributed by atoms with Crippen LogP contribution in [0.4, 0.5) is 23.4 Å². The first-order valence-corrected chi connectivity index (χ1v) is 13.3. The van der Waals surface area contributed by atoms with Gasteiger partial charge in [-0.15, -0.1) is 0 Å². The number of nitrogens with one attached hydrogen (secondary N) is 1. The quantitative estimate of drug-likeness (QED) is 0.299. The Morgan fingerprint density at radius 3 is 2.31 bits per heavy atom. The lowest BCUT2D eigenvalue weighted by Gasteiger charge is -2.33. The van der Waals surface area contributed by atoms with E-state index in [4.69, 9.17) is 5.41 Å². The van der Waals surface area contributed by atoms with E-state index in [1.807, 2.05) is 11.8 Å². The summed E-state index contributed by atoms with van der Waals surface area (Å²) in [5.41, 5.74) is -0.290. The first-order chi connectivity index (χ1) is 18.4. The van der Waals surface area contributed by atoms with E-state index < -0.39 is 17.6 Å². The van der Waals surface area contributed by atoms with Crippen LogP contribution in [-0.2, 0) is 15.8 Å². The summed E-state index contributed by atoms with van der Waals surface area (Å²) in [6.45, 7) is 3.42. The third kappa shape index (κ3) is 7.02. The van der Waals surface area contributed by atoms with E-state index in [2.05, 4.69) is 4.98 Å². The van der Waals surface area contributed by atoms with Crippen molar-refractivity contribution in [1.29, 1.82) is 5.41 Å². The molecule has 6 nitrogen and oxygen atoms in total.